The smallest absolute Gasteiger partial charge is 0.118 e. The van der Waals surface area contributed by atoms with Crippen molar-refractivity contribution in [2.45, 2.75) is 11.8 Å². The van der Waals surface area contributed by atoms with Gasteiger partial charge in [0.25, 0.3) is 0 Å². The third-order valence-corrected chi connectivity index (χ3v) is 2.94. The maximum atomic E-state index is 5.14. The Labute approximate surface area is 101 Å². The third-order valence-electron chi connectivity index (χ3n) is 2.55. The molecule has 0 saturated heterocycles. The topological polar surface area (TPSA) is 9.23 Å². The zero-order valence-electron chi connectivity index (χ0n) is 9.40. The van der Waals surface area contributed by atoms with E-state index in [1.807, 2.05) is 30.3 Å². The maximum absolute atomic E-state index is 5.14. The van der Waals surface area contributed by atoms with Crippen molar-refractivity contribution in [1.29, 1.82) is 0 Å². The Morgan fingerprint density at radius 1 is 1.00 bits per heavy atom. The van der Waals surface area contributed by atoms with Crippen molar-refractivity contribution in [1.82, 2.24) is 0 Å². The lowest BCUT2D eigenvalue weighted by Gasteiger charge is -2.07. The Morgan fingerprint density at radius 3 is 2.31 bits per heavy atom. The predicted molar refractivity (Wildman–Crippen MR) is 70.4 cm³/mol. The highest BCUT2D eigenvalue weighted by Crippen LogP contribution is 2.28. The number of methoxy groups -OCH3 is 1. The van der Waals surface area contributed by atoms with Crippen LogP contribution in [-0.2, 0) is 0 Å². The first kappa shape index (κ1) is 11.1. The molecule has 0 fully saturated rings. The SMILES string of the molecule is COc1ccc(-c2cc(C)ccc2S)cc1. The summed E-state index contributed by atoms with van der Waals surface area (Å²) in [7, 11) is 1.67. The molecule has 16 heavy (non-hydrogen) atoms. The molecule has 0 atom stereocenters. The van der Waals surface area contributed by atoms with E-state index in [-0.39, 0.29) is 0 Å². The lowest BCUT2D eigenvalue weighted by molar-refractivity contribution is 0.415. The highest BCUT2D eigenvalue weighted by molar-refractivity contribution is 7.80. The summed E-state index contributed by atoms with van der Waals surface area (Å²) in [6.07, 6.45) is 0. The van der Waals surface area contributed by atoms with Crippen molar-refractivity contribution in [2.75, 3.05) is 7.11 Å². The number of aryl methyl sites for hydroxylation is 1. The molecule has 0 heterocycles. The fourth-order valence-corrected chi connectivity index (χ4v) is 1.92. The van der Waals surface area contributed by atoms with Crippen molar-refractivity contribution in [2.24, 2.45) is 0 Å². The van der Waals surface area contributed by atoms with E-state index < -0.39 is 0 Å². The second-order valence-corrected chi connectivity index (χ2v) is 4.23. The molecule has 2 rings (SSSR count). The first-order valence-electron chi connectivity index (χ1n) is 5.15. The van der Waals surface area contributed by atoms with Crippen molar-refractivity contribution in [3.8, 4) is 16.9 Å². The van der Waals surface area contributed by atoms with Crippen LogP contribution in [0.1, 0.15) is 5.56 Å². The average Bonchev–Trinajstić information content (AvgIpc) is 2.32. The van der Waals surface area contributed by atoms with Crippen LogP contribution in [-0.4, -0.2) is 7.11 Å². The lowest BCUT2D eigenvalue weighted by atomic mass is 10.0. The molecule has 2 aromatic rings. The fourth-order valence-electron chi connectivity index (χ4n) is 1.65. The predicted octanol–water partition coefficient (Wildman–Crippen LogP) is 3.96. The molecule has 0 N–H and O–H groups in total. The van der Waals surface area contributed by atoms with Gasteiger partial charge in [0, 0.05) is 4.90 Å². The Kier molecular flexibility index (Phi) is 3.20. The number of thiol groups is 1. The van der Waals surface area contributed by atoms with Crippen molar-refractivity contribution in [3.63, 3.8) is 0 Å². The van der Waals surface area contributed by atoms with Gasteiger partial charge in [0.2, 0.25) is 0 Å². The summed E-state index contributed by atoms with van der Waals surface area (Å²) in [6.45, 7) is 2.08. The molecule has 0 aliphatic carbocycles. The second-order valence-electron chi connectivity index (χ2n) is 3.75. The third kappa shape index (κ3) is 2.22. The van der Waals surface area contributed by atoms with Crippen LogP contribution in [0.4, 0.5) is 0 Å². The minimum Gasteiger partial charge on any atom is -0.497 e. The number of hydrogen-bond donors (Lipinski definition) is 1. The lowest BCUT2D eigenvalue weighted by Crippen LogP contribution is -1.84. The van der Waals surface area contributed by atoms with Gasteiger partial charge in [-0.15, -0.1) is 12.6 Å². The molecular weight excluding hydrogens is 216 g/mol. The van der Waals surface area contributed by atoms with E-state index in [1.165, 1.54) is 5.56 Å². The molecule has 0 amide bonds. The number of rotatable bonds is 2. The van der Waals surface area contributed by atoms with E-state index >= 15 is 0 Å². The molecule has 0 unspecified atom stereocenters. The minimum absolute atomic E-state index is 0.872. The molecule has 0 aromatic heterocycles. The van der Waals surface area contributed by atoms with Crippen LogP contribution in [0.25, 0.3) is 11.1 Å². The van der Waals surface area contributed by atoms with Gasteiger partial charge < -0.3 is 4.74 Å². The van der Waals surface area contributed by atoms with Crippen LogP contribution in [0.2, 0.25) is 0 Å². The van der Waals surface area contributed by atoms with Gasteiger partial charge in [-0.25, -0.2) is 0 Å². The summed E-state index contributed by atoms with van der Waals surface area (Å²) in [6, 6.07) is 14.3. The zero-order valence-corrected chi connectivity index (χ0v) is 10.3. The first-order chi connectivity index (χ1) is 7.70. The van der Waals surface area contributed by atoms with Crippen LogP contribution in [0, 0.1) is 6.92 Å². The minimum atomic E-state index is 0.872. The van der Waals surface area contributed by atoms with Gasteiger partial charge in [0.05, 0.1) is 7.11 Å². The average molecular weight is 230 g/mol. The van der Waals surface area contributed by atoms with Crippen LogP contribution in [0.5, 0.6) is 5.75 Å². The maximum Gasteiger partial charge on any atom is 0.118 e. The Bertz CT molecular complexity index is 489. The van der Waals surface area contributed by atoms with Crippen molar-refractivity contribution < 1.29 is 4.74 Å². The summed E-state index contributed by atoms with van der Waals surface area (Å²) in [5.74, 6) is 0.872. The number of benzene rings is 2. The fraction of sp³-hybridized carbons (Fsp3) is 0.143. The summed E-state index contributed by atoms with van der Waals surface area (Å²) in [4.78, 5) is 0.996. The second kappa shape index (κ2) is 4.62. The number of ether oxygens (including phenoxy) is 1. The van der Waals surface area contributed by atoms with Crippen LogP contribution in [0.15, 0.2) is 47.4 Å². The van der Waals surface area contributed by atoms with Crippen LogP contribution >= 0.6 is 12.6 Å². The van der Waals surface area contributed by atoms with E-state index in [0.29, 0.717) is 0 Å². The van der Waals surface area contributed by atoms with Gasteiger partial charge in [-0.1, -0.05) is 29.8 Å². The highest BCUT2D eigenvalue weighted by atomic mass is 32.1. The summed E-state index contributed by atoms with van der Waals surface area (Å²) >= 11 is 4.47. The van der Waals surface area contributed by atoms with Gasteiger partial charge in [0.1, 0.15) is 5.75 Å². The molecular formula is C14H14OS. The normalized spacial score (nSPS) is 10.2. The van der Waals surface area contributed by atoms with E-state index in [9.17, 15) is 0 Å². The molecule has 0 spiro atoms. The van der Waals surface area contributed by atoms with E-state index in [1.54, 1.807) is 7.11 Å². The molecule has 82 valence electrons. The van der Waals surface area contributed by atoms with Crippen molar-refractivity contribution >= 4 is 12.6 Å². The highest BCUT2D eigenvalue weighted by Gasteiger charge is 2.02. The molecule has 0 saturated carbocycles. The molecule has 0 radical (unpaired) electrons. The molecule has 0 bridgehead atoms. The Hall–Kier alpha value is -1.41. The van der Waals surface area contributed by atoms with Gasteiger partial charge in [-0.3, -0.25) is 0 Å². The summed E-state index contributed by atoms with van der Waals surface area (Å²) in [5, 5.41) is 0. The monoisotopic (exact) mass is 230 g/mol. The standard InChI is InChI=1S/C14H14OS/c1-10-3-8-14(16)13(9-10)11-4-6-12(15-2)7-5-11/h3-9,16H,1-2H3. The van der Waals surface area contributed by atoms with Gasteiger partial charge in [0.15, 0.2) is 0 Å². The molecule has 1 nitrogen and oxygen atoms in total. The van der Waals surface area contributed by atoms with Crippen LogP contribution in [0.3, 0.4) is 0 Å². The first-order valence-corrected chi connectivity index (χ1v) is 5.59. The molecule has 0 aliphatic heterocycles. The molecule has 2 heteroatoms. The van der Waals surface area contributed by atoms with Crippen molar-refractivity contribution in [3.05, 3.63) is 48.0 Å². The quantitative estimate of drug-likeness (QED) is 0.768. The van der Waals surface area contributed by atoms with Gasteiger partial charge in [-0.2, -0.15) is 0 Å². The Balaban J connectivity index is 2.45. The van der Waals surface area contributed by atoms with E-state index in [0.717, 1.165) is 21.8 Å². The zero-order chi connectivity index (χ0) is 11.5. The van der Waals surface area contributed by atoms with Gasteiger partial charge >= 0.3 is 0 Å². The van der Waals surface area contributed by atoms with E-state index in [2.05, 4.69) is 31.7 Å². The Morgan fingerprint density at radius 2 is 1.69 bits per heavy atom. The largest absolute Gasteiger partial charge is 0.497 e. The summed E-state index contributed by atoms with van der Waals surface area (Å²) in [5.41, 5.74) is 3.56. The van der Waals surface area contributed by atoms with E-state index in [4.69, 9.17) is 4.74 Å². The number of hydrogen-bond acceptors (Lipinski definition) is 2. The molecule has 0 aliphatic rings. The summed E-state index contributed by atoms with van der Waals surface area (Å²) < 4.78 is 5.14. The van der Waals surface area contributed by atoms with Crippen LogP contribution < -0.4 is 4.74 Å². The van der Waals surface area contributed by atoms with Gasteiger partial charge in [-0.05, 0) is 36.2 Å². The molecule has 2 aromatic carbocycles.